The highest BCUT2D eigenvalue weighted by Crippen LogP contribution is 2.24. The molecule has 1 aliphatic rings. The van der Waals surface area contributed by atoms with Gasteiger partial charge in [0.1, 0.15) is 0 Å². The predicted molar refractivity (Wildman–Crippen MR) is 82.4 cm³/mol. The fourth-order valence-electron chi connectivity index (χ4n) is 3.11. The Bertz CT molecular complexity index is 412. The van der Waals surface area contributed by atoms with E-state index >= 15 is 0 Å². The number of benzene rings is 1. The van der Waals surface area contributed by atoms with E-state index in [0.717, 1.165) is 32.2 Å². The maximum Gasteiger partial charge on any atom is 0.239 e. The summed E-state index contributed by atoms with van der Waals surface area (Å²) >= 11 is 0. The van der Waals surface area contributed by atoms with Crippen molar-refractivity contribution in [2.45, 2.75) is 57.5 Å². The lowest BCUT2D eigenvalue weighted by Gasteiger charge is -2.30. The Balaban J connectivity index is 1.86. The molecule has 1 amide bonds. The van der Waals surface area contributed by atoms with E-state index in [-0.39, 0.29) is 11.9 Å². The summed E-state index contributed by atoms with van der Waals surface area (Å²) in [7, 11) is 0. The summed E-state index contributed by atoms with van der Waals surface area (Å²) in [6, 6.07) is 10.3. The Hall–Kier alpha value is -1.35. The van der Waals surface area contributed by atoms with Crippen molar-refractivity contribution < 1.29 is 4.79 Å². The molecule has 2 rings (SSSR count). The first-order valence-electron chi connectivity index (χ1n) is 7.82. The number of hydrogen-bond donors (Lipinski definition) is 1. The Morgan fingerprint density at radius 1 is 1.30 bits per heavy atom. The highest BCUT2D eigenvalue weighted by atomic mass is 16.2. The van der Waals surface area contributed by atoms with Gasteiger partial charge in [-0.25, -0.2) is 0 Å². The number of aryl methyl sites for hydroxylation is 1. The minimum absolute atomic E-state index is 0.135. The molecule has 0 bridgehead atoms. The SMILES string of the molecule is CCN(C(=O)[C@@H](N)CCc1ccccc1)C1CCCC1. The van der Waals surface area contributed by atoms with Crippen LogP contribution >= 0.6 is 0 Å². The van der Waals surface area contributed by atoms with Gasteiger partial charge in [0.05, 0.1) is 6.04 Å². The second-order valence-corrected chi connectivity index (χ2v) is 5.69. The zero-order chi connectivity index (χ0) is 14.4. The fourth-order valence-corrected chi connectivity index (χ4v) is 3.11. The topological polar surface area (TPSA) is 46.3 Å². The van der Waals surface area contributed by atoms with Gasteiger partial charge in [-0.3, -0.25) is 4.79 Å². The van der Waals surface area contributed by atoms with Gasteiger partial charge in [0.15, 0.2) is 0 Å². The number of nitrogens with zero attached hydrogens (tertiary/aromatic N) is 1. The Morgan fingerprint density at radius 3 is 2.55 bits per heavy atom. The van der Waals surface area contributed by atoms with Gasteiger partial charge in [-0.15, -0.1) is 0 Å². The molecule has 20 heavy (non-hydrogen) atoms. The molecule has 0 radical (unpaired) electrons. The molecule has 0 aliphatic heterocycles. The summed E-state index contributed by atoms with van der Waals surface area (Å²) in [5, 5.41) is 0. The molecule has 3 heteroatoms. The normalized spacial score (nSPS) is 17.1. The monoisotopic (exact) mass is 274 g/mol. The van der Waals surface area contributed by atoms with Crippen molar-refractivity contribution in [2.75, 3.05) is 6.54 Å². The van der Waals surface area contributed by atoms with Gasteiger partial charge in [0.25, 0.3) is 0 Å². The van der Waals surface area contributed by atoms with Crippen molar-refractivity contribution >= 4 is 5.91 Å². The molecule has 0 saturated heterocycles. The highest BCUT2D eigenvalue weighted by Gasteiger charge is 2.28. The van der Waals surface area contributed by atoms with Crippen LogP contribution in [0.1, 0.15) is 44.6 Å². The van der Waals surface area contributed by atoms with Crippen LogP contribution in [0, 0.1) is 0 Å². The van der Waals surface area contributed by atoms with Crippen molar-refractivity contribution in [2.24, 2.45) is 5.73 Å². The van der Waals surface area contributed by atoms with Crippen LogP contribution in [0.15, 0.2) is 30.3 Å². The molecule has 1 saturated carbocycles. The number of carbonyl (C=O) groups is 1. The molecule has 1 aromatic carbocycles. The van der Waals surface area contributed by atoms with E-state index < -0.39 is 0 Å². The van der Waals surface area contributed by atoms with Crippen LogP contribution in [0.3, 0.4) is 0 Å². The summed E-state index contributed by atoms with van der Waals surface area (Å²) in [6.07, 6.45) is 6.37. The predicted octanol–water partition coefficient (Wildman–Crippen LogP) is 2.74. The average molecular weight is 274 g/mol. The van der Waals surface area contributed by atoms with Gasteiger partial charge >= 0.3 is 0 Å². The van der Waals surface area contributed by atoms with Gasteiger partial charge in [-0.1, -0.05) is 43.2 Å². The second kappa shape index (κ2) is 7.44. The minimum Gasteiger partial charge on any atom is -0.339 e. The quantitative estimate of drug-likeness (QED) is 0.867. The minimum atomic E-state index is -0.365. The average Bonchev–Trinajstić information content (AvgIpc) is 3.00. The highest BCUT2D eigenvalue weighted by molar-refractivity contribution is 5.82. The number of likely N-dealkylation sites (N-methyl/N-ethyl adjacent to an activating group) is 1. The summed E-state index contributed by atoms with van der Waals surface area (Å²) < 4.78 is 0. The van der Waals surface area contributed by atoms with E-state index in [9.17, 15) is 4.79 Å². The molecule has 1 aliphatic carbocycles. The molecule has 1 aromatic rings. The first-order valence-corrected chi connectivity index (χ1v) is 7.82. The number of amides is 1. The van der Waals surface area contributed by atoms with Crippen molar-refractivity contribution in [3.63, 3.8) is 0 Å². The molecule has 3 nitrogen and oxygen atoms in total. The zero-order valence-electron chi connectivity index (χ0n) is 12.4. The third kappa shape index (κ3) is 3.83. The van der Waals surface area contributed by atoms with Crippen LogP contribution in [-0.4, -0.2) is 29.4 Å². The molecule has 0 heterocycles. The maximum absolute atomic E-state index is 12.5. The van der Waals surface area contributed by atoms with Crippen molar-refractivity contribution in [3.8, 4) is 0 Å². The van der Waals surface area contributed by atoms with Crippen LogP contribution in [0.25, 0.3) is 0 Å². The summed E-state index contributed by atoms with van der Waals surface area (Å²) in [5.74, 6) is 0.135. The molecule has 1 fully saturated rings. The lowest BCUT2D eigenvalue weighted by atomic mass is 10.0. The van der Waals surface area contributed by atoms with E-state index in [2.05, 4.69) is 19.1 Å². The van der Waals surface area contributed by atoms with Crippen LogP contribution in [0.4, 0.5) is 0 Å². The van der Waals surface area contributed by atoms with E-state index in [1.165, 1.54) is 18.4 Å². The third-order valence-corrected chi connectivity index (χ3v) is 4.29. The maximum atomic E-state index is 12.5. The first-order chi connectivity index (χ1) is 9.72. The largest absolute Gasteiger partial charge is 0.339 e. The van der Waals surface area contributed by atoms with Crippen LogP contribution < -0.4 is 5.73 Å². The molecule has 0 unspecified atom stereocenters. The van der Waals surface area contributed by atoms with Gasteiger partial charge in [0, 0.05) is 12.6 Å². The number of nitrogens with two attached hydrogens (primary N) is 1. The number of carbonyl (C=O) groups excluding carboxylic acids is 1. The summed E-state index contributed by atoms with van der Waals surface area (Å²) in [6.45, 7) is 2.84. The summed E-state index contributed by atoms with van der Waals surface area (Å²) in [4.78, 5) is 14.5. The van der Waals surface area contributed by atoms with E-state index in [4.69, 9.17) is 5.73 Å². The van der Waals surface area contributed by atoms with Gasteiger partial charge in [0.2, 0.25) is 5.91 Å². The number of rotatable bonds is 6. The second-order valence-electron chi connectivity index (χ2n) is 5.69. The van der Waals surface area contributed by atoms with Crippen molar-refractivity contribution in [1.82, 2.24) is 4.90 Å². The molecule has 1 atom stereocenters. The van der Waals surface area contributed by atoms with E-state index in [1.54, 1.807) is 0 Å². The molecular weight excluding hydrogens is 248 g/mol. The van der Waals surface area contributed by atoms with Crippen LogP contribution in [0.5, 0.6) is 0 Å². The Labute approximate surface area is 122 Å². The van der Waals surface area contributed by atoms with E-state index in [1.807, 2.05) is 23.1 Å². The molecule has 110 valence electrons. The van der Waals surface area contributed by atoms with Crippen LogP contribution in [-0.2, 0) is 11.2 Å². The molecule has 0 aromatic heterocycles. The Morgan fingerprint density at radius 2 is 1.95 bits per heavy atom. The third-order valence-electron chi connectivity index (χ3n) is 4.29. The molecule has 2 N–H and O–H groups in total. The summed E-state index contributed by atoms with van der Waals surface area (Å²) in [5.41, 5.74) is 7.37. The van der Waals surface area contributed by atoms with Crippen molar-refractivity contribution in [1.29, 1.82) is 0 Å². The molecule has 0 spiro atoms. The lowest BCUT2D eigenvalue weighted by molar-refractivity contribution is -0.134. The van der Waals surface area contributed by atoms with E-state index in [0.29, 0.717) is 6.04 Å². The molecular formula is C17H26N2O. The van der Waals surface area contributed by atoms with Gasteiger partial charge in [-0.05, 0) is 38.2 Å². The van der Waals surface area contributed by atoms with Gasteiger partial charge < -0.3 is 10.6 Å². The zero-order valence-corrected chi connectivity index (χ0v) is 12.4. The smallest absolute Gasteiger partial charge is 0.239 e. The van der Waals surface area contributed by atoms with Crippen molar-refractivity contribution in [3.05, 3.63) is 35.9 Å². The first kappa shape index (κ1) is 15.0. The Kier molecular flexibility index (Phi) is 5.60. The fraction of sp³-hybridized carbons (Fsp3) is 0.588. The lowest BCUT2D eigenvalue weighted by Crippen LogP contribution is -2.48. The van der Waals surface area contributed by atoms with Gasteiger partial charge in [-0.2, -0.15) is 0 Å². The number of hydrogen-bond acceptors (Lipinski definition) is 2. The standard InChI is InChI=1S/C17H26N2O/c1-2-19(15-10-6-7-11-15)17(20)16(18)13-12-14-8-4-3-5-9-14/h3-5,8-9,15-16H,2,6-7,10-13,18H2,1H3/t16-/m0/s1. The van der Waals surface area contributed by atoms with Crippen LogP contribution in [0.2, 0.25) is 0 Å².